The summed E-state index contributed by atoms with van der Waals surface area (Å²) in [5.41, 5.74) is -0.526. The second-order valence-corrected chi connectivity index (χ2v) is 4.47. The van der Waals surface area contributed by atoms with Crippen LogP contribution >= 0.6 is 11.6 Å². The van der Waals surface area contributed by atoms with Gasteiger partial charge in [-0.1, -0.05) is 41.9 Å². The van der Waals surface area contributed by atoms with Crippen LogP contribution in [0.5, 0.6) is 5.75 Å². The Morgan fingerprint density at radius 2 is 1.80 bits per heavy atom. The van der Waals surface area contributed by atoms with Crippen molar-refractivity contribution >= 4 is 23.2 Å². The molecule has 0 aliphatic rings. The Morgan fingerprint density at radius 1 is 1.15 bits per heavy atom. The molecule has 3 nitrogen and oxygen atoms in total. The minimum atomic E-state index is -2.05. The number of carbonyl (C=O) groups is 1. The van der Waals surface area contributed by atoms with E-state index in [1.165, 1.54) is 0 Å². The first kappa shape index (κ1) is 14.3. The molecule has 1 atom stereocenters. The van der Waals surface area contributed by atoms with Crippen LogP contribution in [0.15, 0.2) is 54.6 Å². The van der Waals surface area contributed by atoms with Gasteiger partial charge in [-0.2, -0.15) is 0 Å². The van der Waals surface area contributed by atoms with Crippen molar-refractivity contribution in [2.24, 2.45) is 0 Å². The Balaban J connectivity index is 1.90. The summed E-state index contributed by atoms with van der Waals surface area (Å²) in [6.07, 6.45) is 0. The largest absolute Gasteiger partial charge is 0.489 e. The van der Waals surface area contributed by atoms with Crippen molar-refractivity contribution < 1.29 is 13.9 Å². The Labute approximate surface area is 121 Å². The number of rotatable bonds is 5. The van der Waals surface area contributed by atoms with Crippen LogP contribution in [0.4, 0.5) is 10.1 Å². The van der Waals surface area contributed by atoms with Crippen molar-refractivity contribution in [3.63, 3.8) is 0 Å². The van der Waals surface area contributed by atoms with Crippen molar-refractivity contribution in [2.75, 3.05) is 5.32 Å². The summed E-state index contributed by atoms with van der Waals surface area (Å²) in [5, 5.41) is 2.34. The molecule has 2 aromatic rings. The van der Waals surface area contributed by atoms with Gasteiger partial charge in [0.05, 0.1) is 0 Å². The zero-order valence-corrected chi connectivity index (χ0v) is 11.3. The average Bonchev–Trinajstić information content (AvgIpc) is 2.47. The second kappa shape index (κ2) is 6.91. The van der Waals surface area contributed by atoms with E-state index in [1.54, 1.807) is 24.3 Å². The number of alkyl halides is 2. The van der Waals surface area contributed by atoms with Crippen molar-refractivity contribution in [3.05, 3.63) is 60.2 Å². The molecule has 0 heterocycles. The maximum Gasteiger partial charge on any atom is 0.274 e. The third-order valence-corrected chi connectivity index (χ3v) is 2.77. The number of nitrogens with one attached hydrogen (secondary N) is 1. The lowest BCUT2D eigenvalue weighted by Crippen LogP contribution is -2.19. The van der Waals surface area contributed by atoms with Gasteiger partial charge >= 0.3 is 0 Å². The summed E-state index contributed by atoms with van der Waals surface area (Å²) in [4.78, 5) is 11.1. The first-order valence-corrected chi connectivity index (χ1v) is 6.44. The zero-order chi connectivity index (χ0) is 14.4. The van der Waals surface area contributed by atoms with E-state index in [-0.39, 0.29) is 0 Å². The Kier molecular flexibility index (Phi) is 4.96. The Bertz CT molecular complexity index is 558. The van der Waals surface area contributed by atoms with Gasteiger partial charge < -0.3 is 10.1 Å². The van der Waals surface area contributed by atoms with Gasteiger partial charge in [-0.3, -0.25) is 4.79 Å². The van der Waals surface area contributed by atoms with Gasteiger partial charge in [0.25, 0.3) is 11.5 Å². The quantitative estimate of drug-likeness (QED) is 0.853. The van der Waals surface area contributed by atoms with Crippen molar-refractivity contribution in [1.29, 1.82) is 0 Å². The number of amides is 1. The van der Waals surface area contributed by atoms with Crippen LogP contribution in [0.2, 0.25) is 0 Å². The molecule has 0 aliphatic heterocycles. The molecule has 0 aromatic heterocycles. The second-order valence-electron chi connectivity index (χ2n) is 4.09. The van der Waals surface area contributed by atoms with Crippen molar-refractivity contribution in [2.45, 2.75) is 12.2 Å². The average molecular weight is 294 g/mol. The predicted molar refractivity (Wildman–Crippen MR) is 76.6 cm³/mol. The summed E-state index contributed by atoms with van der Waals surface area (Å²) in [7, 11) is 0. The summed E-state index contributed by atoms with van der Waals surface area (Å²) >= 11 is 5.02. The molecule has 0 saturated carbocycles. The Hall–Kier alpha value is -2.07. The fourth-order valence-corrected chi connectivity index (χ4v) is 1.63. The molecule has 5 heteroatoms. The van der Waals surface area contributed by atoms with Crippen LogP contribution in [-0.4, -0.2) is 11.5 Å². The van der Waals surface area contributed by atoms with Crippen molar-refractivity contribution in [3.8, 4) is 5.75 Å². The van der Waals surface area contributed by atoms with Gasteiger partial charge in [-0.05, 0) is 29.8 Å². The lowest BCUT2D eigenvalue weighted by molar-refractivity contribution is -0.118. The summed E-state index contributed by atoms with van der Waals surface area (Å²) in [5.74, 6) is -0.223. The van der Waals surface area contributed by atoms with Crippen molar-refractivity contribution in [1.82, 2.24) is 0 Å². The highest BCUT2D eigenvalue weighted by Gasteiger charge is 2.12. The normalized spacial score (nSPS) is 11.7. The van der Waals surface area contributed by atoms with Crippen LogP contribution in [0, 0.1) is 0 Å². The molecule has 0 radical (unpaired) electrons. The fraction of sp³-hybridized carbons (Fsp3) is 0.133. The minimum absolute atomic E-state index is 0.459. The summed E-state index contributed by atoms with van der Waals surface area (Å²) in [6.45, 7) is 0.459. The van der Waals surface area contributed by atoms with E-state index in [4.69, 9.17) is 16.3 Å². The molecule has 1 amide bonds. The molecule has 2 rings (SSSR count). The van der Waals surface area contributed by atoms with E-state index in [2.05, 4.69) is 5.32 Å². The number of halogens is 2. The highest BCUT2D eigenvalue weighted by molar-refractivity contribution is 6.31. The van der Waals surface area contributed by atoms with E-state index in [1.807, 2.05) is 30.3 Å². The van der Waals surface area contributed by atoms with E-state index >= 15 is 0 Å². The van der Waals surface area contributed by atoms with Crippen LogP contribution in [0.3, 0.4) is 0 Å². The van der Waals surface area contributed by atoms with Gasteiger partial charge in [0.2, 0.25) is 0 Å². The van der Waals surface area contributed by atoms with Crippen LogP contribution in [0.1, 0.15) is 5.56 Å². The predicted octanol–water partition coefficient (Wildman–Crippen LogP) is 3.74. The number of carbonyl (C=O) groups excluding carboxylic acids is 1. The topological polar surface area (TPSA) is 38.3 Å². The molecule has 2 aromatic carbocycles. The van der Waals surface area contributed by atoms with Crippen LogP contribution in [0.25, 0.3) is 0 Å². The molecule has 0 aliphatic carbocycles. The van der Waals surface area contributed by atoms with Gasteiger partial charge in [0, 0.05) is 5.69 Å². The Morgan fingerprint density at radius 3 is 2.40 bits per heavy atom. The van der Waals surface area contributed by atoms with Crippen LogP contribution < -0.4 is 10.1 Å². The molecule has 0 saturated heterocycles. The van der Waals surface area contributed by atoms with E-state index in [9.17, 15) is 9.18 Å². The minimum Gasteiger partial charge on any atom is -0.489 e. The smallest absolute Gasteiger partial charge is 0.274 e. The number of hydrogen-bond acceptors (Lipinski definition) is 2. The standard InChI is InChI=1S/C15H13ClFNO2/c16-14(17)15(19)18-12-6-8-13(9-7-12)20-10-11-4-2-1-3-5-11/h1-9,14H,10H2,(H,18,19). The molecular formula is C15H13ClFNO2. The molecule has 0 fully saturated rings. The number of ether oxygens (including phenoxy) is 1. The SMILES string of the molecule is O=C(Nc1ccc(OCc2ccccc2)cc1)C(F)Cl. The monoisotopic (exact) mass is 293 g/mol. The molecular weight excluding hydrogens is 281 g/mol. The van der Waals surface area contributed by atoms with E-state index in [0.717, 1.165) is 5.56 Å². The maximum atomic E-state index is 12.5. The van der Waals surface area contributed by atoms with E-state index < -0.39 is 11.5 Å². The molecule has 104 valence electrons. The van der Waals surface area contributed by atoms with Gasteiger partial charge in [-0.25, -0.2) is 4.39 Å². The van der Waals surface area contributed by atoms with Crippen LogP contribution in [-0.2, 0) is 11.4 Å². The molecule has 20 heavy (non-hydrogen) atoms. The highest BCUT2D eigenvalue weighted by Crippen LogP contribution is 2.17. The summed E-state index contributed by atoms with van der Waals surface area (Å²) < 4.78 is 18.1. The molecule has 1 unspecified atom stereocenters. The lowest BCUT2D eigenvalue weighted by atomic mass is 10.2. The number of anilines is 1. The van der Waals surface area contributed by atoms with Gasteiger partial charge in [0.1, 0.15) is 12.4 Å². The van der Waals surface area contributed by atoms with Gasteiger partial charge in [0.15, 0.2) is 0 Å². The lowest BCUT2D eigenvalue weighted by Gasteiger charge is -2.08. The fourth-order valence-electron chi connectivity index (χ4n) is 1.57. The molecule has 0 bridgehead atoms. The molecule has 1 N–H and O–H groups in total. The molecule has 0 spiro atoms. The highest BCUT2D eigenvalue weighted by atomic mass is 35.5. The van der Waals surface area contributed by atoms with E-state index in [0.29, 0.717) is 18.0 Å². The summed E-state index contributed by atoms with van der Waals surface area (Å²) in [6, 6.07) is 16.4. The first-order chi connectivity index (χ1) is 9.65. The number of benzene rings is 2. The first-order valence-electron chi connectivity index (χ1n) is 6.01. The number of hydrogen-bond donors (Lipinski definition) is 1. The third kappa shape index (κ3) is 4.24. The third-order valence-electron chi connectivity index (χ3n) is 2.57. The maximum absolute atomic E-state index is 12.5. The zero-order valence-electron chi connectivity index (χ0n) is 10.6. The van der Waals surface area contributed by atoms with Gasteiger partial charge in [-0.15, -0.1) is 0 Å².